The maximum absolute atomic E-state index is 12.7. The second kappa shape index (κ2) is 9.24. The van der Waals surface area contributed by atoms with Crippen LogP contribution in [0, 0.1) is 11.8 Å². The number of hydrogen-bond acceptors (Lipinski definition) is 5. The normalized spacial score (nSPS) is 24.5. The molecule has 10 heteroatoms. The molecule has 1 aromatic rings. The van der Waals surface area contributed by atoms with E-state index in [1.165, 1.54) is 13.0 Å². The van der Waals surface area contributed by atoms with Crippen molar-refractivity contribution < 1.29 is 32.2 Å². The van der Waals surface area contributed by atoms with Crippen LogP contribution < -0.4 is 10.5 Å². The molecule has 1 heterocycles. The lowest BCUT2D eigenvalue weighted by Gasteiger charge is -2.45. The second-order valence-corrected chi connectivity index (χ2v) is 8.88. The molecule has 2 aliphatic rings. The van der Waals surface area contributed by atoms with Crippen molar-refractivity contribution in [3.63, 3.8) is 0 Å². The van der Waals surface area contributed by atoms with Crippen molar-refractivity contribution in [2.75, 3.05) is 26.3 Å². The van der Waals surface area contributed by atoms with Crippen LogP contribution >= 0.6 is 11.6 Å². The molecule has 1 aliphatic carbocycles. The predicted octanol–water partition coefficient (Wildman–Crippen LogP) is 3.65. The van der Waals surface area contributed by atoms with Crippen molar-refractivity contribution >= 4 is 23.5 Å². The Hall–Kier alpha value is -2.00. The summed E-state index contributed by atoms with van der Waals surface area (Å²) in [6, 6.07) is 3.03. The highest BCUT2D eigenvalue weighted by molar-refractivity contribution is 6.32. The van der Waals surface area contributed by atoms with E-state index in [1.54, 1.807) is 0 Å². The Bertz CT molecular complexity index is 819. The molecule has 6 nitrogen and oxygen atoms in total. The molecule has 0 unspecified atom stereocenters. The smallest absolute Gasteiger partial charge is 0.416 e. The number of benzene rings is 1. The first-order valence-corrected chi connectivity index (χ1v) is 10.6. The Morgan fingerprint density at radius 3 is 2.45 bits per heavy atom. The summed E-state index contributed by atoms with van der Waals surface area (Å²) in [5.74, 6) is -0.0779. The Balaban J connectivity index is 1.41. The van der Waals surface area contributed by atoms with Crippen LogP contribution in [0.5, 0.6) is 5.75 Å². The number of esters is 1. The van der Waals surface area contributed by atoms with Crippen molar-refractivity contribution in [3.05, 3.63) is 28.8 Å². The third kappa shape index (κ3) is 6.04. The molecule has 1 saturated carbocycles. The fourth-order valence-corrected chi connectivity index (χ4v) is 4.27. The number of hydrogen-bond donors (Lipinski definition) is 1. The van der Waals surface area contributed by atoms with Gasteiger partial charge in [0.25, 0.3) is 0 Å². The lowest BCUT2D eigenvalue weighted by molar-refractivity contribution is -0.149. The van der Waals surface area contributed by atoms with Crippen LogP contribution in [0.1, 0.15) is 38.2 Å². The van der Waals surface area contributed by atoms with Crippen molar-refractivity contribution in [2.24, 2.45) is 17.6 Å². The lowest BCUT2D eigenvalue weighted by Crippen LogP contribution is -2.59. The van der Waals surface area contributed by atoms with Gasteiger partial charge in [-0.05, 0) is 49.8 Å². The number of alkyl halides is 3. The highest BCUT2D eigenvalue weighted by Crippen LogP contribution is 2.38. The monoisotopic (exact) mass is 462 g/mol. The van der Waals surface area contributed by atoms with Gasteiger partial charge < -0.3 is 20.1 Å². The quantitative estimate of drug-likeness (QED) is 0.653. The number of amides is 1. The van der Waals surface area contributed by atoms with E-state index in [0.29, 0.717) is 32.5 Å². The minimum atomic E-state index is -4.45. The Morgan fingerprint density at radius 1 is 1.26 bits per heavy atom. The standard InChI is InChI=1S/C21H26ClF3N2O4/c1-13(28)31-12-20(26)9-15(10-20)19(29)27-6-4-14(5-7-27)11-30-18-3-2-16(8-17(18)22)21(23,24)25/h2-3,8,14-15H,4-7,9-12,26H2,1H3. The van der Waals surface area contributed by atoms with E-state index in [9.17, 15) is 22.8 Å². The molecule has 0 bridgehead atoms. The van der Waals surface area contributed by atoms with Crippen LogP contribution in [-0.4, -0.2) is 48.6 Å². The highest BCUT2D eigenvalue weighted by Gasteiger charge is 2.47. The van der Waals surface area contributed by atoms with Gasteiger partial charge in [-0.1, -0.05) is 11.6 Å². The number of rotatable bonds is 6. The number of nitrogens with two attached hydrogens (primary N) is 1. The van der Waals surface area contributed by atoms with Gasteiger partial charge in [-0.15, -0.1) is 0 Å². The molecule has 0 aromatic heterocycles. The predicted molar refractivity (Wildman–Crippen MR) is 108 cm³/mol. The van der Waals surface area contributed by atoms with Gasteiger partial charge >= 0.3 is 12.1 Å². The summed E-state index contributed by atoms with van der Waals surface area (Å²) in [6.07, 6.45) is -2.00. The molecular formula is C21H26ClF3N2O4. The molecule has 3 rings (SSSR count). The number of halogens is 4. The van der Waals surface area contributed by atoms with Gasteiger partial charge in [-0.25, -0.2) is 0 Å². The molecule has 0 atom stereocenters. The van der Waals surface area contributed by atoms with Gasteiger partial charge in [0.05, 0.1) is 22.7 Å². The minimum absolute atomic E-state index is 0.0639. The molecule has 1 amide bonds. The van der Waals surface area contributed by atoms with E-state index in [-0.39, 0.29) is 41.1 Å². The fraction of sp³-hybridized carbons (Fsp3) is 0.619. The van der Waals surface area contributed by atoms with E-state index in [1.807, 2.05) is 4.90 Å². The van der Waals surface area contributed by atoms with Crippen molar-refractivity contribution in [1.29, 1.82) is 0 Å². The van der Waals surface area contributed by atoms with Crippen molar-refractivity contribution in [2.45, 2.75) is 44.3 Å². The lowest BCUT2D eigenvalue weighted by atomic mass is 9.68. The second-order valence-electron chi connectivity index (χ2n) is 8.47. The van der Waals surface area contributed by atoms with Gasteiger partial charge in [0.2, 0.25) is 5.91 Å². The number of carbonyl (C=O) groups excluding carboxylic acids is 2. The maximum atomic E-state index is 12.7. The minimum Gasteiger partial charge on any atom is -0.492 e. The van der Waals surface area contributed by atoms with Gasteiger partial charge in [-0.3, -0.25) is 9.59 Å². The van der Waals surface area contributed by atoms with Crippen LogP contribution in [0.15, 0.2) is 18.2 Å². The number of likely N-dealkylation sites (tertiary alicyclic amines) is 1. The first-order chi connectivity index (χ1) is 14.5. The maximum Gasteiger partial charge on any atom is 0.416 e. The fourth-order valence-electron chi connectivity index (χ4n) is 4.04. The van der Waals surface area contributed by atoms with E-state index < -0.39 is 17.3 Å². The third-order valence-electron chi connectivity index (χ3n) is 5.88. The SMILES string of the molecule is CC(=O)OCC1(N)CC(C(=O)N2CCC(COc3ccc(C(F)(F)F)cc3Cl)CC2)C1. The Morgan fingerprint density at radius 2 is 1.90 bits per heavy atom. The van der Waals surface area contributed by atoms with Crippen LogP contribution in [0.3, 0.4) is 0 Å². The first-order valence-electron chi connectivity index (χ1n) is 10.2. The van der Waals surface area contributed by atoms with Crippen LogP contribution in [-0.2, 0) is 20.5 Å². The largest absolute Gasteiger partial charge is 0.492 e. The molecule has 2 N–H and O–H groups in total. The van der Waals surface area contributed by atoms with Crippen LogP contribution in [0.2, 0.25) is 5.02 Å². The average molecular weight is 463 g/mol. The summed E-state index contributed by atoms with van der Waals surface area (Å²) >= 11 is 5.92. The number of nitrogens with zero attached hydrogens (tertiary/aromatic N) is 1. The Kier molecular flexibility index (Phi) is 7.05. The summed E-state index contributed by atoms with van der Waals surface area (Å²) in [5.41, 5.74) is 4.69. The first kappa shape index (κ1) is 23.7. The average Bonchev–Trinajstić information content (AvgIpc) is 2.68. The summed E-state index contributed by atoms with van der Waals surface area (Å²) in [4.78, 5) is 25.4. The zero-order chi connectivity index (χ0) is 22.8. The number of carbonyl (C=O) groups is 2. The number of ether oxygens (including phenoxy) is 2. The zero-order valence-electron chi connectivity index (χ0n) is 17.2. The molecule has 0 radical (unpaired) electrons. The molecule has 0 spiro atoms. The zero-order valence-corrected chi connectivity index (χ0v) is 18.0. The van der Waals surface area contributed by atoms with E-state index >= 15 is 0 Å². The third-order valence-corrected chi connectivity index (χ3v) is 6.17. The Labute approximate surface area is 183 Å². The van der Waals surface area contributed by atoms with E-state index in [0.717, 1.165) is 25.0 Å². The van der Waals surface area contributed by atoms with Gasteiger partial charge in [0.1, 0.15) is 12.4 Å². The molecule has 1 aromatic carbocycles. The van der Waals surface area contributed by atoms with E-state index in [2.05, 4.69) is 0 Å². The molecule has 1 aliphatic heterocycles. The molecule has 31 heavy (non-hydrogen) atoms. The molecule has 172 valence electrons. The van der Waals surface area contributed by atoms with Gasteiger partial charge in [0.15, 0.2) is 0 Å². The summed E-state index contributed by atoms with van der Waals surface area (Å²) in [7, 11) is 0. The van der Waals surface area contributed by atoms with Crippen molar-refractivity contribution in [3.8, 4) is 5.75 Å². The summed E-state index contributed by atoms with van der Waals surface area (Å²) < 4.78 is 48.8. The van der Waals surface area contributed by atoms with E-state index in [4.69, 9.17) is 26.8 Å². The van der Waals surface area contributed by atoms with Crippen LogP contribution in [0.25, 0.3) is 0 Å². The highest BCUT2D eigenvalue weighted by atomic mass is 35.5. The summed E-state index contributed by atoms with van der Waals surface area (Å²) in [5, 5.41) is -0.0774. The topological polar surface area (TPSA) is 81.9 Å². The number of piperidine rings is 1. The van der Waals surface area contributed by atoms with Gasteiger partial charge in [-0.2, -0.15) is 13.2 Å². The van der Waals surface area contributed by atoms with Crippen molar-refractivity contribution in [1.82, 2.24) is 4.90 Å². The molecule has 1 saturated heterocycles. The van der Waals surface area contributed by atoms with Crippen LogP contribution in [0.4, 0.5) is 13.2 Å². The van der Waals surface area contributed by atoms with Gasteiger partial charge in [0, 0.05) is 25.9 Å². The molecular weight excluding hydrogens is 437 g/mol. The molecule has 2 fully saturated rings. The summed E-state index contributed by atoms with van der Waals surface area (Å²) in [6.45, 7) is 2.95.